The lowest BCUT2D eigenvalue weighted by Gasteiger charge is -2.08. The lowest BCUT2D eigenvalue weighted by molar-refractivity contribution is 0.564. The molecular weight excluding hydrogens is 210 g/mol. The molecule has 1 aliphatic heterocycles. The summed E-state index contributed by atoms with van der Waals surface area (Å²) in [5, 5.41) is 16.3. The van der Waals surface area contributed by atoms with Crippen molar-refractivity contribution in [1.29, 1.82) is 0 Å². The molecule has 0 aromatic carbocycles. The van der Waals surface area contributed by atoms with Crippen LogP contribution in [0.1, 0.15) is 31.7 Å². The van der Waals surface area contributed by atoms with Crippen molar-refractivity contribution in [3.63, 3.8) is 0 Å². The summed E-state index contributed by atoms with van der Waals surface area (Å²) in [7, 11) is 0. The highest BCUT2D eigenvalue weighted by Crippen LogP contribution is 2.36. The molecule has 1 aliphatic carbocycles. The van der Waals surface area contributed by atoms with Crippen LogP contribution < -0.4 is 5.32 Å². The zero-order valence-electron chi connectivity index (χ0n) is 8.59. The van der Waals surface area contributed by atoms with Gasteiger partial charge in [-0.2, -0.15) is 0 Å². The van der Waals surface area contributed by atoms with Crippen LogP contribution >= 0.6 is 11.8 Å². The second-order valence-corrected chi connectivity index (χ2v) is 5.23. The lowest BCUT2D eigenvalue weighted by atomic mass is 10.3. The molecule has 1 N–H and O–H groups in total. The summed E-state index contributed by atoms with van der Waals surface area (Å²) in [5.74, 6) is 1.09. The van der Waals surface area contributed by atoms with Crippen LogP contribution in [0.3, 0.4) is 0 Å². The van der Waals surface area contributed by atoms with Gasteiger partial charge in [0.15, 0.2) is 0 Å². The van der Waals surface area contributed by atoms with Gasteiger partial charge >= 0.3 is 0 Å². The maximum Gasteiger partial charge on any atom is 0.209 e. The normalized spacial score (nSPS) is 26.0. The molecule has 2 heterocycles. The van der Waals surface area contributed by atoms with Crippen molar-refractivity contribution in [2.75, 3.05) is 12.3 Å². The first-order valence-electron chi connectivity index (χ1n) is 5.57. The van der Waals surface area contributed by atoms with Gasteiger partial charge in [-0.15, -0.1) is 5.10 Å². The molecule has 0 amide bonds. The Morgan fingerprint density at radius 1 is 1.40 bits per heavy atom. The highest BCUT2D eigenvalue weighted by Gasteiger charge is 2.28. The van der Waals surface area contributed by atoms with E-state index in [9.17, 15) is 0 Å². The van der Waals surface area contributed by atoms with E-state index in [0.717, 1.165) is 10.9 Å². The number of hydrogen-bond acceptors (Lipinski definition) is 5. The standard InChI is InChI=1S/C9H15N5S/c1-2-7(10-5-1)6-15-9-11-12-13-14(9)8-3-4-8/h7-8,10H,1-6H2/t7-/m0/s1. The highest BCUT2D eigenvalue weighted by molar-refractivity contribution is 7.99. The molecular formula is C9H15N5S. The van der Waals surface area contributed by atoms with Crippen molar-refractivity contribution >= 4 is 11.8 Å². The van der Waals surface area contributed by atoms with E-state index in [-0.39, 0.29) is 0 Å². The Kier molecular flexibility index (Phi) is 2.62. The zero-order chi connectivity index (χ0) is 10.1. The fourth-order valence-electron chi connectivity index (χ4n) is 1.90. The third-order valence-corrected chi connectivity index (χ3v) is 4.03. The van der Waals surface area contributed by atoms with E-state index in [0.29, 0.717) is 12.1 Å². The lowest BCUT2D eigenvalue weighted by Crippen LogP contribution is -2.23. The van der Waals surface area contributed by atoms with Crippen molar-refractivity contribution in [3.8, 4) is 0 Å². The van der Waals surface area contributed by atoms with Gasteiger partial charge in [0.25, 0.3) is 0 Å². The van der Waals surface area contributed by atoms with E-state index in [1.54, 1.807) is 11.8 Å². The summed E-state index contributed by atoms with van der Waals surface area (Å²) in [6, 6.07) is 1.23. The largest absolute Gasteiger partial charge is 0.313 e. The number of tetrazole rings is 1. The Hall–Kier alpha value is -0.620. The molecule has 1 saturated heterocycles. The monoisotopic (exact) mass is 225 g/mol. The number of rotatable bonds is 4. The molecule has 0 spiro atoms. The van der Waals surface area contributed by atoms with Gasteiger partial charge in [-0.3, -0.25) is 0 Å². The predicted molar refractivity (Wildman–Crippen MR) is 57.8 cm³/mol. The number of nitrogens with one attached hydrogen (secondary N) is 1. The average molecular weight is 225 g/mol. The molecule has 0 bridgehead atoms. The number of nitrogens with zero attached hydrogens (tertiary/aromatic N) is 4. The summed E-state index contributed by atoms with van der Waals surface area (Å²) in [5.41, 5.74) is 0. The summed E-state index contributed by atoms with van der Waals surface area (Å²) in [4.78, 5) is 0. The molecule has 2 fully saturated rings. The summed E-state index contributed by atoms with van der Waals surface area (Å²) in [6.45, 7) is 1.17. The van der Waals surface area contributed by atoms with E-state index >= 15 is 0 Å². The van der Waals surface area contributed by atoms with E-state index in [1.807, 2.05) is 4.68 Å². The number of aromatic nitrogens is 4. The van der Waals surface area contributed by atoms with E-state index in [1.165, 1.54) is 32.2 Å². The van der Waals surface area contributed by atoms with E-state index < -0.39 is 0 Å². The van der Waals surface area contributed by atoms with Crippen LogP contribution in [-0.4, -0.2) is 38.5 Å². The smallest absolute Gasteiger partial charge is 0.209 e. The van der Waals surface area contributed by atoms with Gasteiger partial charge in [0.1, 0.15) is 0 Å². The third-order valence-electron chi connectivity index (χ3n) is 2.93. The Labute approximate surface area is 93.0 Å². The molecule has 0 radical (unpaired) electrons. The molecule has 2 aliphatic rings. The molecule has 5 nitrogen and oxygen atoms in total. The van der Waals surface area contributed by atoms with Crippen molar-refractivity contribution in [2.24, 2.45) is 0 Å². The van der Waals surface area contributed by atoms with Gasteiger partial charge < -0.3 is 5.32 Å². The van der Waals surface area contributed by atoms with Crippen LogP contribution in [0.4, 0.5) is 0 Å². The van der Waals surface area contributed by atoms with Crippen LogP contribution in [0.25, 0.3) is 0 Å². The molecule has 0 unspecified atom stereocenters. The maximum absolute atomic E-state index is 4.08. The molecule has 6 heteroatoms. The minimum absolute atomic E-state index is 0.582. The maximum atomic E-state index is 4.08. The zero-order valence-corrected chi connectivity index (χ0v) is 9.41. The van der Waals surface area contributed by atoms with Gasteiger partial charge in [-0.1, -0.05) is 11.8 Å². The first-order chi connectivity index (χ1) is 7.43. The number of hydrogen-bond donors (Lipinski definition) is 1. The fourth-order valence-corrected chi connectivity index (χ4v) is 2.95. The molecule has 1 saturated carbocycles. The quantitative estimate of drug-likeness (QED) is 0.770. The minimum Gasteiger partial charge on any atom is -0.313 e. The van der Waals surface area contributed by atoms with Gasteiger partial charge in [-0.05, 0) is 42.7 Å². The third kappa shape index (κ3) is 2.15. The van der Waals surface area contributed by atoms with Crippen LogP contribution in [0, 0.1) is 0 Å². The van der Waals surface area contributed by atoms with Crippen molar-refractivity contribution in [2.45, 2.75) is 42.9 Å². The molecule has 1 aromatic rings. The van der Waals surface area contributed by atoms with Crippen LogP contribution in [0.5, 0.6) is 0 Å². The predicted octanol–water partition coefficient (Wildman–Crippen LogP) is 0.852. The van der Waals surface area contributed by atoms with Crippen LogP contribution in [0.15, 0.2) is 5.16 Å². The Morgan fingerprint density at radius 3 is 3.07 bits per heavy atom. The fraction of sp³-hybridized carbons (Fsp3) is 0.889. The van der Waals surface area contributed by atoms with E-state index in [2.05, 4.69) is 20.8 Å². The summed E-state index contributed by atoms with van der Waals surface area (Å²) < 4.78 is 1.99. The summed E-state index contributed by atoms with van der Waals surface area (Å²) in [6.07, 6.45) is 5.07. The second kappa shape index (κ2) is 4.09. The van der Waals surface area contributed by atoms with Crippen LogP contribution in [0.2, 0.25) is 0 Å². The van der Waals surface area contributed by atoms with Gasteiger partial charge in [0.2, 0.25) is 5.16 Å². The second-order valence-electron chi connectivity index (χ2n) is 4.24. The number of thioether (sulfide) groups is 1. The SMILES string of the molecule is C1CN[C@H](CSc2nnnn2C2CC2)C1. The van der Waals surface area contributed by atoms with Gasteiger partial charge in [0.05, 0.1) is 6.04 Å². The molecule has 82 valence electrons. The van der Waals surface area contributed by atoms with Crippen LogP contribution in [-0.2, 0) is 0 Å². The van der Waals surface area contributed by atoms with Crippen molar-refractivity contribution < 1.29 is 0 Å². The van der Waals surface area contributed by atoms with Gasteiger partial charge in [0, 0.05) is 11.8 Å². The topological polar surface area (TPSA) is 55.6 Å². The first kappa shape index (κ1) is 9.59. The summed E-state index contributed by atoms with van der Waals surface area (Å²) >= 11 is 1.78. The van der Waals surface area contributed by atoms with Gasteiger partial charge in [-0.25, -0.2) is 4.68 Å². The molecule has 3 rings (SSSR count). The highest BCUT2D eigenvalue weighted by atomic mass is 32.2. The molecule has 1 atom stereocenters. The average Bonchev–Trinajstić information content (AvgIpc) is 2.81. The molecule has 15 heavy (non-hydrogen) atoms. The van der Waals surface area contributed by atoms with Crippen molar-refractivity contribution in [1.82, 2.24) is 25.5 Å². The Morgan fingerprint density at radius 2 is 2.33 bits per heavy atom. The van der Waals surface area contributed by atoms with Crippen molar-refractivity contribution in [3.05, 3.63) is 0 Å². The Balaban J connectivity index is 1.58. The van der Waals surface area contributed by atoms with E-state index in [4.69, 9.17) is 0 Å². The first-order valence-corrected chi connectivity index (χ1v) is 6.56. The molecule has 1 aromatic heterocycles. The Bertz CT molecular complexity index is 329. The minimum atomic E-state index is 0.582.